The molecule has 0 bridgehead atoms. The number of anilines is 1. The Kier molecular flexibility index (Phi) is 4.41. The van der Waals surface area contributed by atoms with Crippen molar-refractivity contribution in [1.82, 2.24) is 4.57 Å². The Bertz CT molecular complexity index is 1290. The summed E-state index contributed by atoms with van der Waals surface area (Å²) < 4.78 is 2.38. The van der Waals surface area contributed by atoms with E-state index >= 15 is 0 Å². The van der Waals surface area contributed by atoms with E-state index in [1.54, 1.807) is 6.07 Å². The van der Waals surface area contributed by atoms with Crippen LogP contribution in [0.15, 0.2) is 97.1 Å². The van der Waals surface area contributed by atoms with Crippen LogP contribution in [0.5, 0.6) is 5.75 Å². The summed E-state index contributed by atoms with van der Waals surface area (Å²) >= 11 is 0. The predicted octanol–water partition coefficient (Wildman–Crippen LogP) is 6.16. The molecule has 0 fully saturated rings. The molecule has 5 aromatic rings. The standard InChI is InChI=1S/C26H22N2O/c29-25-16-7-4-11-20(25)17-27-23-14-8-13-22-21-12-5-6-15-24(21)28(26(22)23)18-19-9-2-1-3-10-19/h1-16,27,29H,17-18H2. The number of hydrogen-bond acceptors (Lipinski definition) is 2. The Morgan fingerprint density at radius 3 is 2.28 bits per heavy atom. The van der Waals surface area contributed by atoms with Crippen molar-refractivity contribution in [3.05, 3.63) is 108 Å². The Hall–Kier alpha value is -3.72. The Balaban J connectivity index is 1.64. The smallest absolute Gasteiger partial charge is 0.120 e. The first-order valence-electron chi connectivity index (χ1n) is 9.86. The van der Waals surface area contributed by atoms with Gasteiger partial charge in [0.25, 0.3) is 0 Å². The quantitative estimate of drug-likeness (QED) is 0.384. The van der Waals surface area contributed by atoms with Crippen LogP contribution in [0, 0.1) is 0 Å². The van der Waals surface area contributed by atoms with Crippen molar-refractivity contribution in [2.24, 2.45) is 0 Å². The van der Waals surface area contributed by atoms with Crippen LogP contribution in [-0.4, -0.2) is 9.67 Å². The molecule has 0 spiro atoms. The highest BCUT2D eigenvalue weighted by molar-refractivity contribution is 6.12. The number of fused-ring (bicyclic) bond motifs is 3. The fourth-order valence-corrected chi connectivity index (χ4v) is 4.03. The minimum Gasteiger partial charge on any atom is -0.508 e. The average molecular weight is 378 g/mol. The minimum atomic E-state index is 0.317. The largest absolute Gasteiger partial charge is 0.508 e. The lowest BCUT2D eigenvalue weighted by molar-refractivity contribution is 0.469. The highest BCUT2D eigenvalue weighted by atomic mass is 16.3. The first-order chi connectivity index (χ1) is 14.3. The summed E-state index contributed by atoms with van der Waals surface area (Å²) in [6.07, 6.45) is 0. The zero-order valence-electron chi connectivity index (χ0n) is 16.0. The van der Waals surface area contributed by atoms with Crippen LogP contribution in [0.4, 0.5) is 5.69 Å². The lowest BCUT2D eigenvalue weighted by Gasteiger charge is -2.13. The fraction of sp³-hybridized carbons (Fsp3) is 0.0769. The van der Waals surface area contributed by atoms with Gasteiger partial charge in [-0.3, -0.25) is 0 Å². The molecular formula is C26H22N2O. The van der Waals surface area contributed by atoms with Crippen molar-refractivity contribution < 1.29 is 5.11 Å². The van der Waals surface area contributed by atoms with Crippen LogP contribution in [0.1, 0.15) is 11.1 Å². The van der Waals surface area contributed by atoms with E-state index in [1.807, 2.05) is 18.2 Å². The highest BCUT2D eigenvalue weighted by Gasteiger charge is 2.14. The molecule has 3 nitrogen and oxygen atoms in total. The molecular weight excluding hydrogens is 356 g/mol. The van der Waals surface area contributed by atoms with Crippen LogP contribution < -0.4 is 5.32 Å². The molecule has 0 aliphatic carbocycles. The van der Waals surface area contributed by atoms with Crippen molar-refractivity contribution in [2.45, 2.75) is 13.1 Å². The van der Waals surface area contributed by atoms with Gasteiger partial charge in [-0.05, 0) is 23.8 Å². The van der Waals surface area contributed by atoms with E-state index in [0.717, 1.165) is 17.8 Å². The van der Waals surface area contributed by atoms with Gasteiger partial charge < -0.3 is 15.0 Å². The molecule has 29 heavy (non-hydrogen) atoms. The van der Waals surface area contributed by atoms with Crippen LogP contribution in [0.25, 0.3) is 21.8 Å². The molecule has 0 unspecified atom stereocenters. The number of aromatic nitrogens is 1. The maximum atomic E-state index is 10.1. The molecule has 1 aromatic heterocycles. The SMILES string of the molecule is Oc1ccccc1CNc1cccc2c3ccccc3n(Cc3ccccc3)c12. The molecule has 0 atom stereocenters. The normalized spacial score (nSPS) is 11.2. The average Bonchev–Trinajstić information content (AvgIpc) is 3.08. The van der Waals surface area contributed by atoms with E-state index in [9.17, 15) is 5.11 Å². The molecule has 0 saturated carbocycles. The van der Waals surface area contributed by atoms with Crippen molar-refractivity contribution in [1.29, 1.82) is 0 Å². The lowest BCUT2D eigenvalue weighted by Crippen LogP contribution is -2.04. The van der Waals surface area contributed by atoms with Gasteiger partial charge in [0.15, 0.2) is 0 Å². The van der Waals surface area contributed by atoms with Crippen molar-refractivity contribution >= 4 is 27.5 Å². The van der Waals surface area contributed by atoms with E-state index in [4.69, 9.17) is 0 Å². The molecule has 0 saturated heterocycles. The Morgan fingerprint density at radius 1 is 0.690 bits per heavy atom. The zero-order chi connectivity index (χ0) is 19.6. The molecule has 4 aromatic carbocycles. The molecule has 142 valence electrons. The van der Waals surface area contributed by atoms with Crippen LogP contribution in [0.3, 0.4) is 0 Å². The third-order valence-electron chi connectivity index (χ3n) is 5.44. The van der Waals surface area contributed by atoms with E-state index in [1.165, 1.54) is 27.4 Å². The summed E-state index contributed by atoms with van der Waals surface area (Å²) in [5, 5.41) is 16.2. The third-order valence-corrected chi connectivity index (χ3v) is 5.44. The van der Waals surface area contributed by atoms with Gasteiger partial charge in [-0.25, -0.2) is 0 Å². The number of rotatable bonds is 5. The van der Waals surface area contributed by atoms with Gasteiger partial charge in [-0.1, -0.05) is 78.9 Å². The number of hydrogen-bond donors (Lipinski definition) is 2. The van der Waals surface area contributed by atoms with Crippen molar-refractivity contribution in [3.63, 3.8) is 0 Å². The predicted molar refractivity (Wildman–Crippen MR) is 120 cm³/mol. The first kappa shape index (κ1) is 17.4. The van der Waals surface area contributed by atoms with Crippen LogP contribution in [-0.2, 0) is 13.1 Å². The van der Waals surface area contributed by atoms with Gasteiger partial charge in [-0.2, -0.15) is 0 Å². The van der Waals surface area contributed by atoms with Crippen molar-refractivity contribution in [3.8, 4) is 5.75 Å². The molecule has 1 heterocycles. The molecule has 5 rings (SSSR count). The molecule has 0 amide bonds. The summed E-state index contributed by atoms with van der Waals surface area (Å²) in [5.41, 5.74) is 5.63. The summed E-state index contributed by atoms with van der Waals surface area (Å²) in [6.45, 7) is 1.37. The molecule has 2 N–H and O–H groups in total. The fourth-order valence-electron chi connectivity index (χ4n) is 4.03. The summed E-state index contributed by atoms with van der Waals surface area (Å²) in [7, 11) is 0. The number of nitrogens with zero attached hydrogens (tertiary/aromatic N) is 1. The number of phenolic OH excluding ortho intramolecular Hbond substituents is 1. The highest BCUT2D eigenvalue weighted by Crippen LogP contribution is 2.34. The maximum Gasteiger partial charge on any atom is 0.120 e. The summed E-state index contributed by atoms with van der Waals surface area (Å²) in [4.78, 5) is 0. The third kappa shape index (κ3) is 3.21. The Labute approximate surface area is 169 Å². The van der Waals surface area contributed by atoms with Gasteiger partial charge in [0.05, 0.1) is 11.2 Å². The van der Waals surface area contributed by atoms with Crippen molar-refractivity contribution in [2.75, 3.05) is 5.32 Å². The number of nitrogens with one attached hydrogen (secondary N) is 1. The monoisotopic (exact) mass is 378 g/mol. The maximum absolute atomic E-state index is 10.1. The number of aromatic hydroxyl groups is 1. The van der Waals surface area contributed by atoms with E-state index in [0.29, 0.717) is 12.3 Å². The van der Waals surface area contributed by atoms with Gasteiger partial charge >= 0.3 is 0 Å². The van der Waals surface area contributed by atoms with Gasteiger partial charge in [0.1, 0.15) is 5.75 Å². The Morgan fingerprint density at radius 2 is 1.41 bits per heavy atom. The van der Waals surface area contributed by atoms with E-state index < -0.39 is 0 Å². The second-order valence-corrected chi connectivity index (χ2v) is 7.27. The number of phenols is 1. The lowest BCUT2D eigenvalue weighted by atomic mass is 10.1. The number of para-hydroxylation sites is 3. The summed E-state index contributed by atoms with van der Waals surface area (Å²) in [6, 6.07) is 33.0. The first-order valence-corrected chi connectivity index (χ1v) is 9.86. The van der Waals surface area contributed by atoms with E-state index in [-0.39, 0.29) is 0 Å². The topological polar surface area (TPSA) is 37.2 Å². The van der Waals surface area contributed by atoms with Gasteiger partial charge in [-0.15, -0.1) is 0 Å². The minimum absolute atomic E-state index is 0.317. The van der Waals surface area contributed by atoms with E-state index in [2.05, 4.69) is 82.7 Å². The summed E-state index contributed by atoms with van der Waals surface area (Å²) in [5.74, 6) is 0.317. The van der Waals surface area contributed by atoms with Gasteiger partial charge in [0, 0.05) is 34.9 Å². The molecule has 3 heteroatoms. The number of benzene rings is 4. The van der Waals surface area contributed by atoms with Crippen LogP contribution in [0.2, 0.25) is 0 Å². The second-order valence-electron chi connectivity index (χ2n) is 7.27. The van der Waals surface area contributed by atoms with Gasteiger partial charge in [0.2, 0.25) is 0 Å². The molecule has 0 aliphatic rings. The molecule has 0 radical (unpaired) electrons. The second kappa shape index (κ2) is 7.36. The molecule has 0 aliphatic heterocycles. The van der Waals surface area contributed by atoms with Crippen LogP contribution >= 0.6 is 0 Å². The zero-order valence-corrected chi connectivity index (χ0v) is 16.0.